The number of carbonyl (C=O) groups is 1. The van der Waals surface area contributed by atoms with Gasteiger partial charge < -0.3 is 14.9 Å². The van der Waals surface area contributed by atoms with E-state index in [9.17, 15) is 4.79 Å². The summed E-state index contributed by atoms with van der Waals surface area (Å²) in [4.78, 5) is 11.4. The number of ether oxygens (including phenoxy) is 1. The van der Waals surface area contributed by atoms with Gasteiger partial charge in [0.05, 0.1) is 18.8 Å². The smallest absolute Gasteiger partial charge is 0.326 e. The van der Waals surface area contributed by atoms with Crippen LogP contribution in [0, 0.1) is 17.2 Å². The number of esters is 1. The molecule has 0 saturated heterocycles. The molecule has 0 aromatic heterocycles. The monoisotopic (exact) mass is 327 g/mol. The molecule has 126 valence electrons. The third-order valence-corrected chi connectivity index (χ3v) is 3.12. The molecule has 0 saturated carbocycles. The van der Waals surface area contributed by atoms with Crippen LogP contribution in [0.1, 0.15) is 18.1 Å². The molecule has 0 aliphatic heterocycles. The molecule has 0 bridgehead atoms. The highest BCUT2D eigenvalue weighted by molar-refractivity contribution is 5.75. The van der Waals surface area contributed by atoms with Crippen molar-refractivity contribution in [2.24, 2.45) is 5.92 Å². The minimum Gasteiger partial charge on any atom is -0.460 e. The van der Waals surface area contributed by atoms with E-state index in [1.54, 1.807) is 6.07 Å². The van der Waals surface area contributed by atoms with Crippen LogP contribution in [-0.2, 0) is 22.7 Å². The number of nitriles is 1. The molecule has 0 spiro atoms. The molecular weight excluding hydrogens is 306 g/mol. The van der Waals surface area contributed by atoms with Gasteiger partial charge in [-0.3, -0.25) is 4.79 Å². The van der Waals surface area contributed by atoms with Gasteiger partial charge in [-0.1, -0.05) is 60.7 Å². The Morgan fingerprint density at radius 3 is 1.96 bits per heavy atom. The lowest BCUT2D eigenvalue weighted by Gasteiger charge is -2.11. The Balaban J connectivity index is 0.000000300. The summed E-state index contributed by atoms with van der Waals surface area (Å²) in [5.41, 5.74) is 1.81. The van der Waals surface area contributed by atoms with Crippen molar-refractivity contribution in [1.82, 2.24) is 0 Å². The molecule has 0 amide bonds. The van der Waals surface area contributed by atoms with Gasteiger partial charge in [-0.15, -0.1) is 0 Å². The lowest BCUT2D eigenvalue weighted by Crippen LogP contribution is -2.26. The first-order valence-electron chi connectivity index (χ1n) is 7.51. The van der Waals surface area contributed by atoms with Crippen LogP contribution in [0.3, 0.4) is 0 Å². The summed E-state index contributed by atoms with van der Waals surface area (Å²) in [5, 5.41) is 26.3. The Labute approximate surface area is 141 Å². The maximum absolute atomic E-state index is 11.4. The minimum atomic E-state index is -1.12. The van der Waals surface area contributed by atoms with Crippen LogP contribution in [0.5, 0.6) is 0 Å². The summed E-state index contributed by atoms with van der Waals surface area (Å²) in [6, 6.07) is 20.4. The van der Waals surface area contributed by atoms with E-state index in [1.165, 1.54) is 6.92 Å². The lowest BCUT2D eigenvalue weighted by atomic mass is 10.1. The summed E-state index contributed by atoms with van der Waals surface area (Å²) in [5.74, 6) is -1.81. The molecule has 0 aliphatic carbocycles. The number of nitrogens with zero attached hydrogens (tertiary/aromatic N) is 1. The van der Waals surface area contributed by atoms with E-state index < -0.39 is 18.0 Å². The van der Waals surface area contributed by atoms with Crippen LogP contribution < -0.4 is 0 Å². The molecule has 5 nitrogen and oxygen atoms in total. The third-order valence-electron chi connectivity index (χ3n) is 3.12. The van der Waals surface area contributed by atoms with Crippen molar-refractivity contribution in [1.29, 1.82) is 5.26 Å². The first kappa shape index (κ1) is 19.4. The Morgan fingerprint density at radius 2 is 1.58 bits per heavy atom. The number of hydrogen-bond donors (Lipinski definition) is 2. The fourth-order valence-corrected chi connectivity index (χ4v) is 1.76. The molecular formula is C19H21NO4. The molecule has 24 heavy (non-hydrogen) atoms. The molecule has 0 radical (unpaired) electrons. The van der Waals surface area contributed by atoms with E-state index in [-0.39, 0.29) is 13.2 Å². The molecule has 0 aliphatic rings. The first-order valence-corrected chi connectivity index (χ1v) is 7.51. The second-order valence-corrected chi connectivity index (χ2v) is 5.08. The van der Waals surface area contributed by atoms with E-state index in [1.807, 2.05) is 60.7 Å². The van der Waals surface area contributed by atoms with Gasteiger partial charge in [0.1, 0.15) is 6.61 Å². The molecule has 1 unspecified atom stereocenters. The molecule has 2 aromatic carbocycles. The standard InChI is InChI=1S/C12H13NO3.C7H8O/c1-9(14)11(7-13)12(15)16-8-10-5-3-2-4-6-10;8-6-7-4-2-1-3-5-7/h2-6,9,11,14H,8H2,1H3;1-5,8H,6H2/t9?,11-;/m1./s1. The average Bonchev–Trinajstić information content (AvgIpc) is 2.62. The molecule has 0 fully saturated rings. The van der Waals surface area contributed by atoms with Crippen LogP contribution >= 0.6 is 0 Å². The summed E-state index contributed by atoms with van der Waals surface area (Å²) in [6.07, 6.45) is -1.02. The zero-order chi connectivity index (χ0) is 17.8. The molecule has 2 aromatic rings. The number of carbonyl (C=O) groups excluding carboxylic acids is 1. The second kappa shape index (κ2) is 10.9. The van der Waals surface area contributed by atoms with E-state index in [0.29, 0.717) is 0 Å². The number of aliphatic hydroxyl groups is 2. The fourth-order valence-electron chi connectivity index (χ4n) is 1.76. The Bertz CT molecular complexity index is 635. The van der Waals surface area contributed by atoms with Gasteiger partial charge in [0.25, 0.3) is 0 Å². The third kappa shape index (κ3) is 7.05. The van der Waals surface area contributed by atoms with E-state index in [0.717, 1.165) is 11.1 Å². The lowest BCUT2D eigenvalue weighted by molar-refractivity contribution is -0.150. The van der Waals surface area contributed by atoms with Crippen LogP contribution in [0.25, 0.3) is 0 Å². The number of aliphatic hydroxyl groups excluding tert-OH is 2. The number of benzene rings is 2. The fraction of sp³-hybridized carbons (Fsp3) is 0.263. The van der Waals surface area contributed by atoms with E-state index >= 15 is 0 Å². The summed E-state index contributed by atoms with van der Waals surface area (Å²) >= 11 is 0. The van der Waals surface area contributed by atoms with E-state index in [4.69, 9.17) is 20.2 Å². The van der Waals surface area contributed by atoms with Crippen molar-refractivity contribution in [3.05, 3.63) is 71.8 Å². The zero-order valence-corrected chi connectivity index (χ0v) is 13.5. The quantitative estimate of drug-likeness (QED) is 0.823. The average molecular weight is 327 g/mol. The topological polar surface area (TPSA) is 90.5 Å². The van der Waals surface area contributed by atoms with Crippen molar-refractivity contribution < 1.29 is 19.7 Å². The SMILES string of the molecule is CC(O)[C@@H](C#N)C(=O)OCc1ccccc1.OCc1ccccc1. The van der Waals surface area contributed by atoms with Crippen LogP contribution in [0.2, 0.25) is 0 Å². The van der Waals surface area contributed by atoms with Crippen molar-refractivity contribution in [2.75, 3.05) is 0 Å². The molecule has 2 atom stereocenters. The highest BCUT2D eigenvalue weighted by atomic mass is 16.5. The van der Waals surface area contributed by atoms with Gasteiger partial charge in [-0.25, -0.2) is 0 Å². The van der Waals surface area contributed by atoms with Gasteiger partial charge >= 0.3 is 5.97 Å². The van der Waals surface area contributed by atoms with Gasteiger partial charge in [0.15, 0.2) is 5.92 Å². The minimum absolute atomic E-state index is 0.116. The maximum Gasteiger partial charge on any atom is 0.326 e. The molecule has 2 N–H and O–H groups in total. The van der Waals surface area contributed by atoms with Crippen LogP contribution in [-0.4, -0.2) is 22.3 Å². The predicted molar refractivity (Wildman–Crippen MR) is 89.4 cm³/mol. The highest BCUT2D eigenvalue weighted by Crippen LogP contribution is 2.08. The summed E-state index contributed by atoms with van der Waals surface area (Å²) in [7, 11) is 0. The Morgan fingerprint density at radius 1 is 1.08 bits per heavy atom. The van der Waals surface area contributed by atoms with Crippen LogP contribution in [0.4, 0.5) is 0 Å². The molecule has 5 heteroatoms. The van der Waals surface area contributed by atoms with Gasteiger partial charge in [0.2, 0.25) is 0 Å². The van der Waals surface area contributed by atoms with Crippen molar-refractivity contribution in [2.45, 2.75) is 26.2 Å². The Hall–Kier alpha value is -2.68. The first-order chi connectivity index (χ1) is 11.6. The normalized spacial score (nSPS) is 12.1. The molecule has 0 heterocycles. The largest absolute Gasteiger partial charge is 0.460 e. The highest BCUT2D eigenvalue weighted by Gasteiger charge is 2.24. The number of hydrogen-bond acceptors (Lipinski definition) is 5. The maximum atomic E-state index is 11.4. The van der Waals surface area contributed by atoms with Gasteiger partial charge in [-0.2, -0.15) is 5.26 Å². The summed E-state index contributed by atoms with van der Waals surface area (Å²) in [6.45, 7) is 1.64. The van der Waals surface area contributed by atoms with Crippen molar-refractivity contribution in [3.8, 4) is 6.07 Å². The zero-order valence-electron chi connectivity index (χ0n) is 13.5. The summed E-state index contributed by atoms with van der Waals surface area (Å²) < 4.78 is 4.92. The van der Waals surface area contributed by atoms with Crippen LogP contribution in [0.15, 0.2) is 60.7 Å². The van der Waals surface area contributed by atoms with E-state index in [2.05, 4.69) is 0 Å². The van der Waals surface area contributed by atoms with Crippen molar-refractivity contribution >= 4 is 5.97 Å². The Kier molecular flexibility index (Phi) is 8.84. The van der Waals surface area contributed by atoms with Crippen molar-refractivity contribution in [3.63, 3.8) is 0 Å². The van der Waals surface area contributed by atoms with Gasteiger partial charge in [-0.05, 0) is 18.1 Å². The second-order valence-electron chi connectivity index (χ2n) is 5.08. The predicted octanol–water partition coefficient (Wildman–Crippen LogP) is 2.43. The number of rotatable bonds is 5. The van der Waals surface area contributed by atoms with Gasteiger partial charge in [0, 0.05) is 0 Å². The molecule has 2 rings (SSSR count).